The van der Waals surface area contributed by atoms with Crippen molar-refractivity contribution in [3.05, 3.63) is 70.7 Å². The number of amides is 1. The van der Waals surface area contributed by atoms with E-state index in [0.717, 1.165) is 0 Å². The van der Waals surface area contributed by atoms with Crippen molar-refractivity contribution >= 4 is 38.4 Å². The van der Waals surface area contributed by atoms with Gasteiger partial charge in [-0.15, -0.1) is 0 Å². The Hall–Kier alpha value is -2.61. The van der Waals surface area contributed by atoms with Crippen LogP contribution in [0.15, 0.2) is 59.5 Å². The molecule has 1 aliphatic rings. The molecule has 1 heterocycles. The predicted molar refractivity (Wildman–Crippen MR) is 107 cm³/mol. The van der Waals surface area contributed by atoms with Crippen LogP contribution in [-0.2, 0) is 21.3 Å². The molecule has 3 aromatic carbocycles. The summed E-state index contributed by atoms with van der Waals surface area (Å²) in [7, 11) is -4.12. The zero-order valence-electron chi connectivity index (χ0n) is 14.7. The lowest BCUT2D eigenvalue weighted by Crippen LogP contribution is -2.38. The van der Waals surface area contributed by atoms with E-state index in [2.05, 4.69) is 5.32 Å². The van der Waals surface area contributed by atoms with Crippen molar-refractivity contribution in [1.82, 2.24) is 5.32 Å². The molecule has 28 heavy (non-hydrogen) atoms. The van der Waals surface area contributed by atoms with E-state index < -0.39 is 22.1 Å². The molecule has 0 bridgehead atoms. The lowest BCUT2D eigenvalue weighted by Gasteiger charge is -2.26. The monoisotopic (exact) mass is 416 g/mol. The third kappa shape index (κ3) is 3.22. The molecule has 1 aliphatic heterocycles. The van der Waals surface area contributed by atoms with Gasteiger partial charge in [0, 0.05) is 27.9 Å². The van der Waals surface area contributed by atoms with E-state index in [4.69, 9.17) is 21.5 Å². The number of rotatable bonds is 4. The zero-order valence-corrected chi connectivity index (χ0v) is 16.3. The molecule has 6 nitrogen and oxygen atoms in total. The minimum Gasteiger partial charge on any atom is -0.379 e. The molecule has 0 radical (unpaired) electrons. The van der Waals surface area contributed by atoms with Crippen molar-refractivity contribution in [3.8, 4) is 5.75 Å². The molecule has 1 unspecified atom stereocenters. The van der Waals surface area contributed by atoms with E-state index in [-0.39, 0.29) is 10.6 Å². The first-order valence-electron chi connectivity index (χ1n) is 8.65. The van der Waals surface area contributed by atoms with Gasteiger partial charge in [0.15, 0.2) is 0 Å². The summed E-state index contributed by atoms with van der Waals surface area (Å²) in [5.41, 5.74) is 6.74. The highest BCUT2D eigenvalue weighted by Gasteiger charge is 2.28. The number of hydrogen-bond acceptors (Lipinski definition) is 5. The van der Waals surface area contributed by atoms with Crippen LogP contribution in [0, 0.1) is 0 Å². The highest BCUT2D eigenvalue weighted by molar-refractivity contribution is 7.87. The number of primary amides is 1. The van der Waals surface area contributed by atoms with E-state index in [1.54, 1.807) is 42.5 Å². The third-order valence-electron chi connectivity index (χ3n) is 4.79. The van der Waals surface area contributed by atoms with Gasteiger partial charge in [-0.25, -0.2) is 0 Å². The van der Waals surface area contributed by atoms with Crippen LogP contribution < -0.4 is 15.2 Å². The van der Waals surface area contributed by atoms with Crippen molar-refractivity contribution in [1.29, 1.82) is 0 Å². The molecule has 0 fully saturated rings. The van der Waals surface area contributed by atoms with Gasteiger partial charge >= 0.3 is 10.1 Å². The molecular formula is C20H17ClN2O4S. The summed E-state index contributed by atoms with van der Waals surface area (Å²) in [6, 6.07) is 14.2. The molecule has 0 aliphatic carbocycles. The Labute approximate surface area is 167 Å². The number of halogens is 1. The second-order valence-corrected chi connectivity index (χ2v) is 8.41. The van der Waals surface area contributed by atoms with Gasteiger partial charge in [0.2, 0.25) is 5.91 Å². The first kappa shape index (κ1) is 18.7. The standard InChI is InChI=1S/C20H17ClN2O4S/c21-16-8-9-18(14-5-2-1-4-12(14)16)28(25,26)27-17-7-3-6-15-13(17)10-11-23-19(15)20(22)24/h1-9,19,23H,10-11H2,(H2,22,24). The molecule has 3 N–H and O–H groups in total. The zero-order chi connectivity index (χ0) is 19.9. The number of nitrogens with one attached hydrogen (secondary N) is 1. The molecule has 8 heteroatoms. The van der Waals surface area contributed by atoms with Crippen LogP contribution >= 0.6 is 11.6 Å². The van der Waals surface area contributed by atoms with Crippen molar-refractivity contribution in [2.75, 3.05) is 6.54 Å². The first-order chi connectivity index (χ1) is 13.4. The van der Waals surface area contributed by atoms with E-state index in [9.17, 15) is 13.2 Å². The fourth-order valence-electron chi connectivity index (χ4n) is 3.52. The number of carbonyl (C=O) groups excluding carboxylic acids is 1. The molecule has 144 valence electrons. The largest absolute Gasteiger partial charge is 0.379 e. The SMILES string of the molecule is NC(=O)C1NCCc2c(OS(=O)(=O)c3ccc(Cl)c4ccccc34)cccc21. The van der Waals surface area contributed by atoms with E-state index in [1.807, 2.05) is 0 Å². The Kier molecular flexibility index (Phi) is 4.74. The molecule has 0 spiro atoms. The molecule has 0 saturated heterocycles. The molecule has 1 atom stereocenters. The van der Waals surface area contributed by atoms with Gasteiger partial charge in [-0.3, -0.25) is 4.79 Å². The Morgan fingerprint density at radius 1 is 1.07 bits per heavy atom. The minimum absolute atomic E-state index is 0.0329. The summed E-state index contributed by atoms with van der Waals surface area (Å²) in [5.74, 6) is -0.325. The maximum absolute atomic E-state index is 13.1. The number of fused-ring (bicyclic) bond motifs is 2. The number of carbonyl (C=O) groups is 1. The molecule has 4 rings (SSSR count). The van der Waals surface area contributed by atoms with Crippen molar-refractivity contribution in [2.45, 2.75) is 17.4 Å². The average molecular weight is 417 g/mol. The van der Waals surface area contributed by atoms with Crippen LogP contribution in [0.4, 0.5) is 0 Å². The summed E-state index contributed by atoms with van der Waals surface area (Å²) in [6.45, 7) is 0.491. The second-order valence-electron chi connectivity index (χ2n) is 6.49. The van der Waals surface area contributed by atoms with Crippen LogP contribution in [0.2, 0.25) is 5.02 Å². The summed E-state index contributed by atoms with van der Waals surface area (Å²) in [4.78, 5) is 11.7. The molecule has 3 aromatic rings. The maximum atomic E-state index is 13.1. The van der Waals surface area contributed by atoms with Gasteiger partial charge < -0.3 is 15.2 Å². The number of benzene rings is 3. The van der Waals surface area contributed by atoms with E-state index in [0.29, 0.717) is 39.9 Å². The van der Waals surface area contributed by atoms with Gasteiger partial charge in [0.1, 0.15) is 16.7 Å². The maximum Gasteiger partial charge on any atom is 0.339 e. The van der Waals surface area contributed by atoms with Gasteiger partial charge in [0.25, 0.3) is 0 Å². The third-order valence-corrected chi connectivity index (χ3v) is 6.41. The Balaban J connectivity index is 1.80. The number of nitrogens with two attached hydrogens (primary N) is 1. The van der Waals surface area contributed by atoms with E-state index >= 15 is 0 Å². The van der Waals surface area contributed by atoms with Crippen molar-refractivity contribution in [2.24, 2.45) is 5.73 Å². The predicted octanol–water partition coefficient (Wildman–Crippen LogP) is 2.93. The summed E-state index contributed by atoms with van der Waals surface area (Å²) >= 11 is 6.19. The summed E-state index contributed by atoms with van der Waals surface area (Å²) in [6.07, 6.45) is 0.520. The van der Waals surface area contributed by atoms with Crippen LogP contribution in [0.5, 0.6) is 5.75 Å². The number of hydrogen-bond donors (Lipinski definition) is 2. The molecule has 1 amide bonds. The van der Waals surface area contributed by atoms with Gasteiger partial charge in [0.05, 0.1) is 0 Å². The minimum atomic E-state index is -4.12. The van der Waals surface area contributed by atoms with E-state index in [1.165, 1.54) is 12.1 Å². The Bertz CT molecular complexity index is 1190. The van der Waals surface area contributed by atoms with Gasteiger partial charge in [-0.1, -0.05) is 48.0 Å². The highest BCUT2D eigenvalue weighted by Crippen LogP contribution is 2.34. The molecular weight excluding hydrogens is 400 g/mol. The summed E-state index contributed by atoms with van der Waals surface area (Å²) < 4.78 is 31.6. The second kappa shape index (κ2) is 7.09. The van der Waals surface area contributed by atoms with Crippen molar-refractivity contribution < 1.29 is 17.4 Å². The summed E-state index contributed by atoms with van der Waals surface area (Å²) in [5, 5.41) is 4.60. The van der Waals surface area contributed by atoms with Crippen LogP contribution in [-0.4, -0.2) is 20.9 Å². The molecule has 0 aromatic heterocycles. The first-order valence-corrected chi connectivity index (χ1v) is 10.4. The fraction of sp³-hybridized carbons (Fsp3) is 0.150. The molecule has 0 saturated carbocycles. The smallest absolute Gasteiger partial charge is 0.339 e. The quantitative estimate of drug-likeness (QED) is 0.637. The fourth-order valence-corrected chi connectivity index (χ4v) is 4.91. The van der Waals surface area contributed by atoms with Crippen molar-refractivity contribution in [3.63, 3.8) is 0 Å². The Morgan fingerprint density at radius 2 is 1.82 bits per heavy atom. The van der Waals surface area contributed by atoms with Gasteiger partial charge in [-0.2, -0.15) is 8.42 Å². The van der Waals surface area contributed by atoms with Gasteiger partial charge in [-0.05, 0) is 30.2 Å². The topological polar surface area (TPSA) is 98.5 Å². The highest BCUT2D eigenvalue weighted by atomic mass is 35.5. The average Bonchev–Trinajstić information content (AvgIpc) is 2.67. The normalized spacial score (nSPS) is 16.5. The Morgan fingerprint density at radius 3 is 2.57 bits per heavy atom. The lowest BCUT2D eigenvalue weighted by atomic mass is 9.93. The van der Waals surface area contributed by atoms with Crippen LogP contribution in [0.25, 0.3) is 10.8 Å². The van der Waals surface area contributed by atoms with Crippen LogP contribution in [0.1, 0.15) is 17.2 Å². The van der Waals surface area contributed by atoms with Crippen LogP contribution in [0.3, 0.4) is 0 Å². The lowest BCUT2D eigenvalue weighted by molar-refractivity contribution is -0.120.